The van der Waals surface area contributed by atoms with Crippen LogP contribution in [0.25, 0.3) is 0 Å². The summed E-state index contributed by atoms with van der Waals surface area (Å²) in [6.07, 6.45) is 0. The van der Waals surface area contributed by atoms with Crippen molar-refractivity contribution >= 4 is 28.6 Å². The molecular formula is C13H11ClN2S. The zero-order chi connectivity index (χ0) is 12.3. The molecule has 86 valence electrons. The van der Waals surface area contributed by atoms with Gasteiger partial charge in [0.1, 0.15) is 6.07 Å². The predicted octanol–water partition coefficient (Wildman–Crippen LogP) is 4.45. The molecular weight excluding hydrogens is 252 g/mol. The molecule has 1 aromatic carbocycles. The fourth-order valence-corrected chi connectivity index (χ4v) is 2.50. The molecule has 4 heteroatoms. The molecule has 1 heterocycles. The number of hydrogen-bond acceptors (Lipinski definition) is 3. The highest BCUT2D eigenvalue weighted by molar-refractivity contribution is 7.07. The van der Waals surface area contributed by atoms with Gasteiger partial charge in [-0.1, -0.05) is 11.6 Å². The van der Waals surface area contributed by atoms with Crippen LogP contribution in [0.2, 0.25) is 5.02 Å². The summed E-state index contributed by atoms with van der Waals surface area (Å²) in [7, 11) is 0. The molecule has 0 aliphatic heterocycles. The lowest BCUT2D eigenvalue weighted by Gasteiger charge is -2.15. The lowest BCUT2D eigenvalue weighted by Crippen LogP contribution is -2.06. The van der Waals surface area contributed by atoms with Crippen LogP contribution < -0.4 is 5.32 Å². The molecule has 0 amide bonds. The molecule has 2 nitrogen and oxygen atoms in total. The van der Waals surface area contributed by atoms with Gasteiger partial charge in [-0.3, -0.25) is 0 Å². The summed E-state index contributed by atoms with van der Waals surface area (Å²) in [6, 6.07) is 9.61. The van der Waals surface area contributed by atoms with E-state index in [1.807, 2.05) is 5.38 Å². The van der Waals surface area contributed by atoms with Crippen molar-refractivity contribution in [2.45, 2.75) is 13.0 Å². The SMILES string of the molecule is CC(Nc1cc(Cl)ccc1C#N)c1ccsc1. The number of nitrogens with one attached hydrogen (secondary N) is 1. The van der Waals surface area contributed by atoms with Gasteiger partial charge in [-0.15, -0.1) is 0 Å². The van der Waals surface area contributed by atoms with Crippen LogP contribution in [0.15, 0.2) is 35.0 Å². The Kier molecular flexibility index (Phi) is 3.68. The van der Waals surface area contributed by atoms with Crippen molar-refractivity contribution < 1.29 is 0 Å². The topological polar surface area (TPSA) is 35.8 Å². The summed E-state index contributed by atoms with van der Waals surface area (Å²) in [4.78, 5) is 0. The van der Waals surface area contributed by atoms with E-state index >= 15 is 0 Å². The molecule has 2 rings (SSSR count). The van der Waals surface area contributed by atoms with Crippen molar-refractivity contribution in [3.8, 4) is 6.07 Å². The Morgan fingerprint density at radius 3 is 2.88 bits per heavy atom. The fourth-order valence-electron chi connectivity index (χ4n) is 1.57. The lowest BCUT2D eigenvalue weighted by atomic mass is 10.1. The summed E-state index contributed by atoms with van der Waals surface area (Å²) in [5, 5.41) is 17.1. The second kappa shape index (κ2) is 5.22. The number of halogens is 1. The fraction of sp³-hybridized carbons (Fsp3) is 0.154. The van der Waals surface area contributed by atoms with Crippen molar-refractivity contribution in [3.05, 3.63) is 51.2 Å². The Bertz CT molecular complexity index is 543. The first-order valence-corrected chi connectivity index (χ1v) is 6.51. The molecule has 0 aliphatic carbocycles. The Morgan fingerprint density at radius 1 is 1.41 bits per heavy atom. The van der Waals surface area contributed by atoms with Crippen LogP contribution >= 0.6 is 22.9 Å². The maximum absolute atomic E-state index is 9.02. The summed E-state index contributed by atoms with van der Waals surface area (Å²) in [5.74, 6) is 0. The standard InChI is InChI=1S/C13H11ClN2S/c1-9(11-4-5-17-8-11)16-13-6-12(14)3-2-10(13)7-15/h2-6,8-9,16H,1H3. The highest BCUT2D eigenvalue weighted by Gasteiger charge is 2.09. The minimum Gasteiger partial charge on any atom is -0.377 e. The summed E-state index contributed by atoms with van der Waals surface area (Å²) in [5.41, 5.74) is 2.59. The predicted molar refractivity (Wildman–Crippen MR) is 72.5 cm³/mol. The molecule has 1 N–H and O–H groups in total. The first-order chi connectivity index (χ1) is 8.20. The first kappa shape index (κ1) is 12.0. The molecule has 1 unspecified atom stereocenters. The van der Waals surface area contributed by atoms with Gasteiger partial charge >= 0.3 is 0 Å². The number of thiophene rings is 1. The van der Waals surface area contributed by atoms with E-state index in [1.54, 1.807) is 29.5 Å². The second-order valence-electron chi connectivity index (χ2n) is 3.72. The van der Waals surface area contributed by atoms with E-state index in [2.05, 4.69) is 29.8 Å². The van der Waals surface area contributed by atoms with E-state index in [9.17, 15) is 0 Å². The molecule has 0 spiro atoms. The molecule has 17 heavy (non-hydrogen) atoms. The molecule has 0 bridgehead atoms. The summed E-state index contributed by atoms with van der Waals surface area (Å²) < 4.78 is 0. The van der Waals surface area contributed by atoms with Crippen molar-refractivity contribution in [3.63, 3.8) is 0 Å². The van der Waals surface area contributed by atoms with E-state index in [0.717, 1.165) is 5.69 Å². The van der Waals surface area contributed by atoms with Crippen LogP contribution in [-0.4, -0.2) is 0 Å². The van der Waals surface area contributed by atoms with E-state index in [1.165, 1.54) is 5.56 Å². The van der Waals surface area contributed by atoms with Crippen molar-refractivity contribution in [2.24, 2.45) is 0 Å². The highest BCUT2D eigenvalue weighted by Crippen LogP contribution is 2.26. The van der Waals surface area contributed by atoms with E-state index < -0.39 is 0 Å². The Morgan fingerprint density at radius 2 is 2.24 bits per heavy atom. The van der Waals surface area contributed by atoms with Gasteiger partial charge in [0.15, 0.2) is 0 Å². The Balaban J connectivity index is 2.24. The van der Waals surface area contributed by atoms with Gasteiger partial charge in [-0.05, 0) is 47.5 Å². The van der Waals surface area contributed by atoms with Gasteiger partial charge in [0.05, 0.1) is 11.3 Å². The van der Waals surface area contributed by atoms with Gasteiger partial charge in [0.25, 0.3) is 0 Å². The van der Waals surface area contributed by atoms with Gasteiger partial charge in [0.2, 0.25) is 0 Å². The molecule has 0 aliphatic rings. The smallest absolute Gasteiger partial charge is 0.101 e. The van der Waals surface area contributed by atoms with Gasteiger partial charge in [-0.2, -0.15) is 16.6 Å². The largest absolute Gasteiger partial charge is 0.377 e. The Labute approximate surface area is 109 Å². The highest BCUT2D eigenvalue weighted by atomic mass is 35.5. The molecule has 1 aromatic heterocycles. The van der Waals surface area contributed by atoms with Crippen LogP contribution in [0, 0.1) is 11.3 Å². The van der Waals surface area contributed by atoms with Crippen molar-refractivity contribution in [1.29, 1.82) is 5.26 Å². The zero-order valence-electron chi connectivity index (χ0n) is 9.27. The maximum Gasteiger partial charge on any atom is 0.101 e. The van der Waals surface area contributed by atoms with E-state index in [-0.39, 0.29) is 6.04 Å². The first-order valence-electron chi connectivity index (χ1n) is 5.19. The lowest BCUT2D eigenvalue weighted by molar-refractivity contribution is 0.890. The van der Waals surface area contributed by atoms with Gasteiger partial charge in [-0.25, -0.2) is 0 Å². The van der Waals surface area contributed by atoms with Crippen LogP contribution in [0.5, 0.6) is 0 Å². The average Bonchev–Trinajstić information content (AvgIpc) is 2.83. The number of rotatable bonds is 3. The van der Waals surface area contributed by atoms with Crippen LogP contribution in [0.4, 0.5) is 5.69 Å². The normalized spacial score (nSPS) is 11.8. The third-order valence-corrected chi connectivity index (χ3v) is 3.45. The third kappa shape index (κ3) is 2.79. The minimum absolute atomic E-state index is 0.159. The van der Waals surface area contributed by atoms with Gasteiger partial charge in [0, 0.05) is 11.1 Å². The molecule has 0 saturated heterocycles. The maximum atomic E-state index is 9.02. The van der Waals surface area contributed by atoms with Crippen molar-refractivity contribution in [1.82, 2.24) is 0 Å². The molecule has 0 saturated carbocycles. The Hall–Kier alpha value is -1.50. The van der Waals surface area contributed by atoms with E-state index in [4.69, 9.17) is 16.9 Å². The van der Waals surface area contributed by atoms with E-state index in [0.29, 0.717) is 10.6 Å². The second-order valence-corrected chi connectivity index (χ2v) is 4.94. The average molecular weight is 263 g/mol. The molecule has 0 fully saturated rings. The molecule has 0 radical (unpaired) electrons. The number of anilines is 1. The van der Waals surface area contributed by atoms with Crippen LogP contribution in [-0.2, 0) is 0 Å². The van der Waals surface area contributed by atoms with Crippen molar-refractivity contribution in [2.75, 3.05) is 5.32 Å². The molecule has 1 atom stereocenters. The quantitative estimate of drug-likeness (QED) is 0.887. The molecule has 2 aromatic rings. The number of benzene rings is 1. The van der Waals surface area contributed by atoms with Gasteiger partial charge < -0.3 is 5.32 Å². The van der Waals surface area contributed by atoms with Crippen LogP contribution in [0.3, 0.4) is 0 Å². The number of hydrogen-bond donors (Lipinski definition) is 1. The zero-order valence-corrected chi connectivity index (χ0v) is 10.8. The monoisotopic (exact) mass is 262 g/mol. The third-order valence-electron chi connectivity index (χ3n) is 2.52. The van der Waals surface area contributed by atoms with Crippen LogP contribution in [0.1, 0.15) is 24.1 Å². The number of nitriles is 1. The summed E-state index contributed by atoms with van der Waals surface area (Å²) in [6.45, 7) is 2.06. The number of nitrogens with zero attached hydrogens (tertiary/aromatic N) is 1. The summed E-state index contributed by atoms with van der Waals surface area (Å²) >= 11 is 7.60. The minimum atomic E-state index is 0.159.